The number of ether oxygens (including phenoxy) is 2. The van der Waals surface area contributed by atoms with E-state index in [0.717, 1.165) is 5.56 Å². The molecule has 2 aromatic carbocycles. The van der Waals surface area contributed by atoms with Crippen molar-refractivity contribution >= 4 is 11.6 Å². The molecule has 1 amide bonds. The van der Waals surface area contributed by atoms with Crippen LogP contribution in [0.5, 0.6) is 11.5 Å². The average Bonchev–Trinajstić information content (AvgIpc) is 2.98. The van der Waals surface area contributed by atoms with E-state index in [1.807, 2.05) is 12.1 Å². The number of halogens is 1. The minimum atomic E-state index is -0.649. The number of fused-ring (bicyclic) bond motifs is 1. The number of benzene rings is 2. The zero-order valence-corrected chi connectivity index (χ0v) is 11.5. The van der Waals surface area contributed by atoms with Crippen LogP contribution < -0.4 is 20.1 Å². The largest absolute Gasteiger partial charge is 0.454 e. The molecule has 2 heterocycles. The van der Waals surface area contributed by atoms with Crippen LogP contribution in [0.15, 0.2) is 42.5 Å². The Morgan fingerprint density at radius 2 is 1.95 bits per heavy atom. The third-order valence-electron chi connectivity index (χ3n) is 3.97. The van der Waals surface area contributed by atoms with E-state index in [0.29, 0.717) is 17.2 Å². The predicted molar refractivity (Wildman–Crippen MR) is 77.2 cm³/mol. The summed E-state index contributed by atoms with van der Waals surface area (Å²) in [5, 5.41) is 0. The smallest absolute Gasteiger partial charge is 0.247 e. The number of amides is 1. The number of nitrogens with zero attached hydrogens (tertiary/aromatic N) is 1. The van der Waals surface area contributed by atoms with Crippen molar-refractivity contribution < 1.29 is 18.7 Å². The number of hydrogen-bond acceptors (Lipinski definition) is 4. The fraction of sp³-hybridized carbons (Fsp3) is 0.188. The van der Waals surface area contributed by atoms with E-state index in [9.17, 15) is 9.18 Å². The van der Waals surface area contributed by atoms with E-state index < -0.39 is 11.9 Å². The van der Waals surface area contributed by atoms with Gasteiger partial charge in [-0.3, -0.25) is 4.79 Å². The van der Waals surface area contributed by atoms with Gasteiger partial charge in [0.2, 0.25) is 12.7 Å². The first kappa shape index (κ1) is 13.1. The number of β-lactam (4-membered cyclic amide) rings is 1. The Hall–Kier alpha value is -2.60. The number of anilines is 1. The Balaban J connectivity index is 1.72. The van der Waals surface area contributed by atoms with E-state index in [1.165, 1.54) is 17.0 Å². The van der Waals surface area contributed by atoms with Gasteiger partial charge in [0, 0.05) is 5.69 Å². The van der Waals surface area contributed by atoms with Gasteiger partial charge in [0.15, 0.2) is 11.5 Å². The molecule has 0 bridgehead atoms. The molecule has 0 aromatic heterocycles. The number of carbonyl (C=O) groups is 1. The maximum Gasteiger partial charge on any atom is 0.247 e. The molecule has 0 unspecified atom stereocenters. The van der Waals surface area contributed by atoms with Crippen molar-refractivity contribution in [3.63, 3.8) is 0 Å². The van der Waals surface area contributed by atoms with Gasteiger partial charge >= 0.3 is 0 Å². The number of carbonyl (C=O) groups excluding carboxylic acids is 1. The Labute approximate surface area is 126 Å². The molecule has 0 spiro atoms. The van der Waals surface area contributed by atoms with Crippen LogP contribution in [-0.2, 0) is 4.79 Å². The highest BCUT2D eigenvalue weighted by Crippen LogP contribution is 2.42. The molecule has 0 saturated carbocycles. The molecule has 2 aliphatic heterocycles. The minimum Gasteiger partial charge on any atom is -0.454 e. The summed E-state index contributed by atoms with van der Waals surface area (Å²) in [6.07, 6.45) is 0. The minimum absolute atomic E-state index is 0.183. The van der Waals surface area contributed by atoms with Crippen LogP contribution in [0.4, 0.5) is 10.1 Å². The van der Waals surface area contributed by atoms with Crippen LogP contribution in [0.2, 0.25) is 0 Å². The number of rotatable bonds is 2. The quantitative estimate of drug-likeness (QED) is 0.861. The van der Waals surface area contributed by atoms with Crippen LogP contribution >= 0.6 is 0 Å². The number of hydrogen-bond donors (Lipinski definition) is 1. The molecular weight excluding hydrogens is 287 g/mol. The summed E-state index contributed by atoms with van der Waals surface area (Å²) in [4.78, 5) is 13.6. The third kappa shape index (κ3) is 1.84. The zero-order chi connectivity index (χ0) is 15.3. The molecule has 6 heteroatoms. The molecule has 22 heavy (non-hydrogen) atoms. The first-order valence-electron chi connectivity index (χ1n) is 6.89. The molecular formula is C16H13FN2O3. The molecule has 2 atom stereocenters. The van der Waals surface area contributed by atoms with Crippen molar-refractivity contribution in [3.05, 3.63) is 53.8 Å². The van der Waals surface area contributed by atoms with Gasteiger partial charge < -0.3 is 20.1 Å². The van der Waals surface area contributed by atoms with Crippen LogP contribution in [0.1, 0.15) is 11.6 Å². The van der Waals surface area contributed by atoms with E-state index in [1.54, 1.807) is 18.2 Å². The Morgan fingerprint density at radius 3 is 2.77 bits per heavy atom. The monoisotopic (exact) mass is 300 g/mol. The van der Waals surface area contributed by atoms with Crippen LogP contribution in [0.3, 0.4) is 0 Å². The van der Waals surface area contributed by atoms with Gasteiger partial charge in [-0.1, -0.05) is 12.1 Å². The Kier molecular flexibility index (Phi) is 2.80. The lowest BCUT2D eigenvalue weighted by atomic mass is 9.88. The standard InChI is InChI=1S/C16H13FN2O3/c17-10-2-1-3-11(7-10)19-15(14(18)16(19)20)9-4-5-12-13(6-9)22-8-21-12/h1-7,14-15H,8,18H2/t14-,15-/m0/s1. The van der Waals surface area contributed by atoms with Crippen molar-refractivity contribution in [2.75, 3.05) is 11.7 Å². The van der Waals surface area contributed by atoms with E-state index >= 15 is 0 Å². The van der Waals surface area contributed by atoms with Gasteiger partial charge in [-0.15, -0.1) is 0 Å². The lowest BCUT2D eigenvalue weighted by molar-refractivity contribution is -0.126. The topological polar surface area (TPSA) is 64.8 Å². The lowest BCUT2D eigenvalue weighted by Gasteiger charge is -2.45. The third-order valence-corrected chi connectivity index (χ3v) is 3.97. The summed E-state index contributed by atoms with van der Waals surface area (Å²) < 4.78 is 24.0. The Morgan fingerprint density at radius 1 is 1.14 bits per heavy atom. The van der Waals surface area contributed by atoms with Crippen LogP contribution in [-0.4, -0.2) is 18.7 Å². The summed E-state index contributed by atoms with van der Waals surface area (Å²) in [6, 6.07) is 10.4. The summed E-state index contributed by atoms with van der Waals surface area (Å²) in [6.45, 7) is 0.183. The predicted octanol–water partition coefficient (Wildman–Crippen LogP) is 1.97. The second-order valence-electron chi connectivity index (χ2n) is 5.27. The maximum atomic E-state index is 13.4. The van der Waals surface area contributed by atoms with Crippen molar-refractivity contribution in [1.82, 2.24) is 0 Å². The summed E-state index contributed by atoms with van der Waals surface area (Å²) in [5.41, 5.74) is 7.28. The van der Waals surface area contributed by atoms with Crippen LogP contribution in [0.25, 0.3) is 0 Å². The van der Waals surface area contributed by atoms with Gasteiger partial charge in [-0.05, 0) is 35.9 Å². The van der Waals surface area contributed by atoms with Gasteiger partial charge in [0.1, 0.15) is 11.9 Å². The van der Waals surface area contributed by atoms with Gasteiger partial charge in [-0.2, -0.15) is 0 Å². The van der Waals surface area contributed by atoms with Crippen molar-refractivity contribution in [3.8, 4) is 11.5 Å². The fourth-order valence-electron chi connectivity index (χ4n) is 2.88. The highest BCUT2D eigenvalue weighted by Gasteiger charge is 2.47. The molecule has 112 valence electrons. The Bertz CT molecular complexity index is 765. The summed E-state index contributed by atoms with van der Waals surface area (Å²) in [5.74, 6) is 0.673. The first-order valence-corrected chi connectivity index (χ1v) is 6.89. The molecule has 2 aromatic rings. The molecule has 2 aliphatic rings. The van der Waals surface area contributed by atoms with Gasteiger partial charge in [-0.25, -0.2) is 4.39 Å². The zero-order valence-electron chi connectivity index (χ0n) is 11.5. The molecule has 2 N–H and O–H groups in total. The molecule has 1 fully saturated rings. The highest BCUT2D eigenvalue weighted by atomic mass is 19.1. The van der Waals surface area contributed by atoms with E-state index in [4.69, 9.17) is 15.2 Å². The van der Waals surface area contributed by atoms with Gasteiger partial charge in [0.05, 0.1) is 6.04 Å². The summed E-state index contributed by atoms with van der Waals surface area (Å²) >= 11 is 0. The average molecular weight is 300 g/mol. The molecule has 0 aliphatic carbocycles. The maximum absolute atomic E-state index is 13.4. The first-order chi connectivity index (χ1) is 10.6. The highest BCUT2D eigenvalue weighted by molar-refractivity contribution is 6.05. The normalized spacial score (nSPS) is 22.6. The fourth-order valence-corrected chi connectivity index (χ4v) is 2.88. The van der Waals surface area contributed by atoms with Crippen molar-refractivity contribution in [1.29, 1.82) is 0 Å². The number of nitrogens with two attached hydrogens (primary N) is 1. The molecule has 4 rings (SSSR count). The summed E-state index contributed by atoms with van der Waals surface area (Å²) in [7, 11) is 0. The van der Waals surface area contributed by atoms with Crippen LogP contribution in [0, 0.1) is 5.82 Å². The lowest BCUT2D eigenvalue weighted by Crippen LogP contribution is -2.63. The van der Waals surface area contributed by atoms with Crippen molar-refractivity contribution in [2.45, 2.75) is 12.1 Å². The molecule has 5 nitrogen and oxygen atoms in total. The van der Waals surface area contributed by atoms with E-state index in [-0.39, 0.29) is 18.7 Å². The van der Waals surface area contributed by atoms with Crippen molar-refractivity contribution in [2.24, 2.45) is 5.73 Å². The second kappa shape index (κ2) is 4.71. The second-order valence-corrected chi connectivity index (χ2v) is 5.27. The molecule has 0 radical (unpaired) electrons. The van der Waals surface area contributed by atoms with E-state index in [2.05, 4.69) is 0 Å². The SMILES string of the molecule is N[C@@H]1C(=O)N(c2cccc(F)c2)[C@H]1c1ccc2c(c1)OCO2. The van der Waals surface area contributed by atoms with Gasteiger partial charge in [0.25, 0.3) is 0 Å². The molecule has 1 saturated heterocycles.